The van der Waals surface area contributed by atoms with Gasteiger partial charge in [-0.05, 0) is 37.6 Å². The van der Waals surface area contributed by atoms with Crippen LogP contribution in [0.3, 0.4) is 0 Å². The Kier molecular flexibility index (Phi) is 3.99. The molecule has 0 bridgehead atoms. The van der Waals surface area contributed by atoms with Crippen LogP contribution in [0.1, 0.15) is 26.4 Å². The van der Waals surface area contributed by atoms with E-state index in [1.54, 1.807) is 32.4 Å². The lowest BCUT2D eigenvalue weighted by molar-refractivity contribution is 0.103. The first-order chi connectivity index (χ1) is 9.49. The Morgan fingerprint density at radius 2 is 1.80 bits per heavy atom. The van der Waals surface area contributed by atoms with Gasteiger partial charge in [0.15, 0.2) is 17.3 Å². The molecule has 2 aromatic rings. The fourth-order valence-corrected chi connectivity index (χ4v) is 2.99. The highest BCUT2D eigenvalue weighted by Crippen LogP contribution is 2.33. The minimum atomic E-state index is -0.0923. The lowest BCUT2D eigenvalue weighted by Gasteiger charge is -2.09. The number of hydrogen-bond donors (Lipinski definition) is 1. The number of nitrogen functional groups attached to an aromatic ring is 1. The van der Waals surface area contributed by atoms with Gasteiger partial charge in [-0.1, -0.05) is 0 Å². The Balaban J connectivity index is 2.48. The van der Waals surface area contributed by atoms with E-state index in [0.29, 0.717) is 27.6 Å². The number of methoxy groups -OCH3 is 2. The number of ketones is 1. The van der Waals surface area contributed by atoms with Gasteiger partial charge in [0.2, 0.25) is 0 Å². The minimum absolute atomic E-state index is 0.0923. The smallest absolute Gasteiger partial charge is 0.196 e. The summed E-state index contributed by atoms with van der Waals surface area (Å²) in [5, 5.41) is 0.555. The average Bonchev–Trinajstić information content (AvgIpc) is 2.70. The zero-order valence-electron chi connectivity index (χ0n) is 11.9. The minimum Gasteiger partial charge on any atom is -0.493 e. The molecule has 0 aliphatic rings. The molecule has 106 valence electrons. The number of anilines is 1. The van der Waals surface area contributed by atoms with Crippen molar-refractivity contribution in [3.8, 4) is 11.5 Å². The number of nitrogens with two attached hydrogens (primary N) is 1. The van der Waals surface area contributed by atoms with E-state index >= 15 is 0 Å². The number of benzene rings is 1. The van der Waals surface area contributed by atoms with Gasteiger partial charge in [0.1, 0.15) is 0 Å². The van der Waals surface area contributed by atoms with E-state index in [4.69, 9.17) is 15.2 Å². The molecule has 2 N–H and O–H groups in total. The molecular formula is C15H17NO3S. The molecule has 2 rings (SSSR count). The van der Waals surface area contributed by atoms with E-state index in [1.165, 1.54) is 11.3 Å². The lowest BCUT2D eigenvalue weighted by atomic mass is 10.0. The number of carbonyl (C=O) groups excluding carboxylic acids is 1. The number of carbonyl (C=O) groups is 1. The third-order valence-electron chi connectivity index (χ3n) is 3.29. The van der Waals surface area contributed by atoms with Crippen molar-refractivity contribution in [3.05, 3.63) is 39.8 Å². The first kappa shape index (κ1) is 14.4. The van der Waals surface area contributed by atoms with E-state index in [9.17, 15) is 4.79 Å². The fraction of sp³-hybridized carbons (Fsp3) is 0.267. The first-order valence-corrected chi connectivity index (χ1v) is 6.93. The van der Waals surface area contributed by atoms with Crippen molar-refractivity contribution in [3.63, 3.8) is 0 Å². The standard InChI is InChI=1S/C15H17NO3S/c1-8-9(2)20-15(16)13(8)14(17)10-5-6-11(18-3)12(7-10)19-4/h5-7H,16H2,1-4H3. The maximum Gasteiger partial charge on any atom is 0.196 e. The Morgan fingerprint density at radius 1 is 1.15 bits per heavy atom. The Labute approximate surface area is 122 Å². The molecule has 20 heavy (non-hydrogen) atoms. The van der Waals surface area contributed by atoms with E-state index in [2.05, 4.69) is 0 Å². The van der Waals surface area contributed by atoms with Crippen LogP contribution in [0.4, 0.5) is 5.00 Å². The summed E-state index contributed by atoms with van der Waals surface area (Å²) in [5.41, 5.74) is 8.01. The van der Waals surface area contributed by atoms with Crippen molar-refractivity contribution in [2.45, 2.75) is 13.8 Å². The van der Waals surface area contributed by atoms with Crippen LogP contribution in [0.25, 0.3) is 0 Å². The van der Waals surface area contributed by atoms with Crippen molar-refractivity contribution < 1.29 is 14.3 Å². The quantitative estimate of drug-likeness (QED) is 0.879. The molecule has 0 atom stereocenters. The van der Waals surface area contributed by atoms with Crippen LogP contribution in [0.15, 0.2) is 18.2 Å². The maximum atomic E-state index is 12.6. The van der Waals surface area contributed by atoms with Gasteiger partial charge in [-0.15, -0.1) is 11.3 Å². The van der Waals surface area contributed by atoms with Gasteiger partial charge < -0.3 is 15.2 Å². The lowest BCUT2D eigenvalue weighted by Crippen LogP contribution is -2.05. The van der Waals surface area contributed by atoms with Crippen LogP contribution in [0, 0.1) is 13.8 Å². The molecule has 0 amide bonds. The van der Waals surface area contributed by atoms with Crippen LogP contribution in [-0.2, 0) is 0 Å². The SMILES string of the molecule is COc1ccc(C(=O)c2c(N)sc(C)c2C)cc1OC. The van der Waals surface area contributed by atoms with Crippen LogP contribution >= 0.6 is 11.3 Å². The van der Waals surface area contributed by atoms with Gasteiger partial charge in [-0.25, -0.2) is 0 Å². The van der Waals surface area contributed by atoms with Crippen molar-refractivity contribution in [1.82, 2.24) is 0 Å². The topological polar surface area (TPSA) is 61.5 Å². The maximum absolute atomic E-state index is 12.6. The van der Waals surface area contributed by atoms with Crippen molar-refractivity contribution in [2.75, 3.05) is 20.0 Å². The van der Waals surface area contributed by atoms with Gasteiger partial charge in [0.05, 0.1) is 24.8 Å². The van der Waals surface area contributed by atoms with Gasteiger partial charge in [0.25, 0.3) is 0 Å². The zero-order valence-corrected chi connectivity index (χ0v) is 12.8. The summed E-state index contributed by atoms with van der Waals surface area (Å²) in [6.07, 6.45) is 0. The highest BCUT2D eigenvalue weighted by Gasteiger charge is 2.20. The Hall–Kier alpha value is -2.01. The van der Waals surface area contributed by atoms with Crippen LogP contribution in [0.2, 0.25) is 0 Å². The molecule has 0 aliphatic carbocycles. The molecule has 0 radical (unpaired) electrons. The van der Waals surface area contributed by atoms with Crippen molar-refractivity contribution in [1.29, 1.82) is 0 Å². The van der Waals surface area contributed by atoms with Crippen molar-refractivity contribution >= 4 is 22.1 Å². The predicted molar refractivity (Wildman–Crippen MR) is 81.2 cm³/mol. The van der Waals surface area contributed by atoms with E-state index < -0.39 is 0 Å². The van der Waals surface area contributed by atoms with Gasteiger partial charge >= 0.3 is 0 Å². The van der Waals surface area contributed by atoms with Gasteiger partial charge in [-0.3, -0.25) is 4.79 Å². The molecule has 5 heteroatoms. The van der Waals surface area contributed by atoms with Crippen molar-refractivity contribution in [2.24, 2.45) is 0 Å². The highest BCUT2D eigenvalue weighted by atomic mass is 32.1. The van der Waals surface area contributed by atoms with Gasteiger partial charge in [-0.2, -0.15) is 0 Å². The third kappa shape index (κ3) is 2.36. The second-order valence-electron chi connectivity index (χ2n) is 4.42. The molecule has 1 aromatic heterocycles. The predicted octanol–water partition coefficient (Wildman–Crippen LogP) is 3.20. The number of aryl methyl sites for hydroxylation is 1. The zero-order chi connectivity index (χ0) is 14.9. The van der Waals surface area contributed by atoms with E-state index in [-0.39, 0.29) is 5.78 Å². The van der Waals surface area contributed by atoms with E-state index in [1.807, 2.05) is 13.8 Å². The second-order valence-corrected chi connectivity index (χ2v) is 5.68. The number of rotatable bonds is 4. The molecule has 1 heterocycles. The van der Waals surface area contributed by atoms with Crippen LogP contribution in [-0.4, -0.2) is 20.0 Å². The summed E-state index contributed by atoms with van der Waals surface area (Å²) in [4.78, 5) is 13.7. The molecule has 0 saturated carbocycles. The molecule has 0 fully saturated rings. The number of hydrogen-bond acceptors (Lipinski definition) is 5. The first-order valence-electron chi connectivity index (χ1n) is 6.11. The molecule has 0 spiro atoms. The Bertz CT molecular complexity index is 661. The molecule has 4 nitrogen and oxygen atoms in total. The molecule has 0 unspecified atom stereocenters. The monoisotopic (exact) mass is 291 g/mol. The summed E-state index contributed by atoms with van der Waals surface area (Å²) < 4.78 is 10.4. The largest absolute Gasteiger partial charge is 0.493 e. The number of ether oxygens (including phenoxy) is 2. The second kappa shape index (κ2) is 5.54. The highest BCUT2D eigenvalue weighted by molar-refractivity contribution is 7.16. The molecular weight excluding hydrogens is 274 g/mol. The van der Waals surface area contributed by atoms with Crippen LogP contribution < -0.4 is 15.2 Å². The Morgan fingerprint density at radius 3 is 2.30 bits per heavy atom. The molecule has 0 saturated heterocycles. The molecule has 0 aliphatic heterocycles. The summed E-state index contributed by atoms with van der Waals surface area (Å²) in [6.45, 7) is 3.87. The summed E-state index contributed by atoms with van der Waals surface area (Å²) in [6, 6.07) is 5.11. The van der Waals surface area contributed by atoms with E-state index in [0.717, 1.165) is 10.4 Å². The normalized spacial score (nSPS) is 10.4. The van der Waals surface area contributed by atoms with Gasteiger partial charge in [0, 0.05) is 10.4 Å². The van der Waals surface area contributed by atoms with Crippen LogP contribution in [0.5, 0.6) is 11.5 Å². The number of thiophene rings is 1. The summed E-state index contributed by atoms with van der Waals surface area (Å²) in [7, 11) is 3.10. The summed E-state index contributed by atoms with van der Waals surface area (Å²) >= 11 is 1.44. The fourth-order valence-electron chi connectivity index (χ4n) is 2.06. The molecule has 1 aromatic carbocycles. The third-order valence-corrected chi connectivity index (χ3v) is 4.32. The average molecular weight is 291 g/mol. The summed E-state index contributed by atoms with van der Waals surface area (Å²) in [5.74, 6) is 1.03.